The lowest BCUT2D eigenvalue weighted by molar-refractivity contribution is 0.553. The molecule has 1 N–H and O–H groups in total. The zero-order chi connectivity index (χ0) is 13.9. The lowest BCUT2D eigenvalue weighted by atomic mass is 9.98. The summed E-state index contributed by atoms with van der Waals surface area (Å²) in [5.41, 5.74) is 2.41. The van der Waals surface area contributed by atoms with Crippen molar-refractivity contribution in [1.29, 1.82) is 0 Å². The van der Waals surface area contributed by atoms with Crippen LogP contribution in [0.25, 0.3) is 10.8 Å². The molecule has 20 heavy (non-hydrogen) atoms. The predicted molar refractivity (Wildman–Crippen MR) is 85.9 cm³/mol. The van der Waals surface area contributed by atoms with E-state index < -0.39 is 0 Å². The Kier molecular flexibility index (Phi) is 3.90. The zero-order valence-electron chi connectivity index (χ0n) is 11.3. The molecule has 2 nitrogen and oxygen atoms in total. The fourth-order valence-electron chi connectivity index (χ4n) is 2.49. The van der Waals surface area contributed by atoms with Crippen molar-refractivity contribution in [3.05, 3.63) is 70.6 Å². The predicted octanol–water partition coefficient (Wildman–Crippen LogP) is 4.89. The molecule has 1 heterocycles. The van der Waals surface area contributed by atoms with Crippen LogP contribution in [-0.2, 0) is 0 Å². The van der Waals surface area contributed by atoms with Crippen molar-refractivity contribution in [2.45, 2.75) is 13.0 Å². The molecule has 3 aromatic rings. The first kappa shape index (κ1) is 13.4. The Bertz CT molecular complexity index is 706. The van der Waals surface area contributed by atoms with Crippen LogP contribution >= 0.6 is 15.9 Å². The van der Waals surface area contributed by atoms with E-state index in [0.29, 0.717) is 0 Å². The second-order valence-electron chi connectivity index (χ2n) is 4.80. The van der Waals surface area contributed by atoms with Crippen LogP contribution in [0.3, 0.4) is 0 Å². The van der Waals surface area contributed by atoms with E-state index in [0.717, 1.165) is 16.6 Å². The molecule has 0 saturated carbocycles. The lowest BCUT2D eigenvalue weighted by Crippen LogP contribution is -2.21. The van der Waals surface area contributed by atoms with Gasteiger partial charge in [-0.1, -0.05) is 41.1 Å². The van der Waals surface area contributed by atoms with E-state index in [1.165, 1.54) is 16.3 Å². The lowest BCUT2D eigenvalue weighted by Gasteiger charge is -2.17. The Morgan fingerprint density at radius 1 is 1.05 bits per heavy atom. The van der Waals surface area contributed by atoms with Crippen LogP contribution in [-0.4, -0.2) is 6.54 Å². The highest BCUT2D eigenvalue weighted by Gasteiger charge is 2.14. The summed E-state index contributed by atoms with van der Waals surface area (Å²) in [6.07, 6.45) is 3.52. The molecule has 0 bridgehead atoms. The molecule has 102 valence electrons. The van der Waals surface area contributed by atoms with Gasteiger partial charge in [-0.25, -0.2) is 0 Å². The minimum absolute atomic E-state index is 0.173. The Hall–Kier alpha value is -1.58. The first-order valence-corrected chi connectivity index (χ1v) is 7.52. The van der Waals surface area contributed by atoms with E-state index in [1.807, 2.05) is 6.07 Å². The van der Waals surface area contributed by atoms with Crippen molar-refractivity contribution >= 4 is 26.7 Å². The Morgan fingerprint density at radius 3 is 2.60 bits per heavy atom. The van der Waals surface area contributed by atoms with Crippen LogP contribution in [0, 0.1) is 0 Å². The smallest absolute Gasteiger partial charge is 0.0953 e. The molecule has 0 radical (unpaired) electrons. The van der Waals surface area contributed by atoms with Crippen LogP contribution in [0.4, 0.5) is 0 Å². The molecule has 3 rings (SSSR count). The molecular weight excluding hydrogens is 314 g/mol. The number of halogens is 1. The van der Waals surface area contributed by atoms with Crippen LogP contribution in [0.1, 0.15) is 24.1 Å². The summed E-state index contributed by atoms with van der Waals surface area (Å²) >= 11 is 3.51. The maximum atomic E-state index is 5.22. The number of nitrogens with one attached hydrogen (secondary N) is 1. The summed E-state index contributed by atoms with van der Waals surface area (Å²) in [7, 11) is 0. The van der Waals surface area contributed by atoms with Crippen molar-refractivity contribution in [3.8, 4) is 0 Å². The second kappa shape index (κ2) is 5.81. The van der Waals surface area contributed by atoms with Gasteiger partial charge in [0.15, 0.2) is 0 Å². The van der Waals surface area contributed by atoms with Gasteiger partial charge in [0.2, 0.25) is 0 Å². The molecule has 3 heteroatoms. The van der Waals surface area contributed by atoms with Gasteiger partial charge in [-0.05, 0) is 47.1 Å². The Balaban J connectivity index is 2.05. The summed E-state index contributed by atoms with van der Waals surface area (Å²) in [6, 6.07) is 15.1. The quantitative estimate of drug-likeness (QED) is 0.736. The van der Waals surface area contributed by atoms with Crippen molar-refractivity contribution < 1.29 is 4.42 Å². The topological polar surface area (TPSA) is 25.2 Å². The number of hydrogen-bond acceptors (Lipinski definition) is 2. The second-order valence-corrected chi connectivity index (χ2v) is 5.71. The molecule has 2 aromatic carbocycles. The van der Waals surface area contributed by atoms with Gasteiger partial charge in [0.25, 0.3) is 0 Å². The van der Waals surface area contributed by atoms with Crippen LogP contribution < -0.4 is 5.32 Å². The highest BCUT2D eigenvalue weighted by Crippen LogP contribution is 2.27. The minimum Gasteiger partial charge on any atom is -0.472 e. The normalized spacial score (nSPS) is 12.7. The van der Waals surface area contributed by atoms with Crippen molar-refractivity contribution in [3.63, 3.8) is 0 Å². The van der Waals surface area contributed by atoms with Gasteiger partial charge in [0, 0.05) is 10.0 Å². The third kappa shape index (κ3) is 2.65. The number of rotatable bonds is 4. The van der Waals surface area contributed by atoms with Crippen molar-refractivity contribution in [2.75, 3.05) is 6.54 Å². The van der Waals surface area contributed by atoms with Crippen LogP contribution in [0.5, 0.6) is 0 Å². The first-order chi connectivity index (χ1) is 9.78. The first-order valence-electron chi connectivity index (χ1n) is 6.72. The van der Waals surface area contributed by atoms with Crippen LogP contribution in [0.2, 0.25) is 0 Å². The molecule has 0 aliphatic carbocycles. The van der Waals surface area contributed by atoms with Gasteiger partial charge >= 0.3 is 0 Å². The third-order valence-corrected chi connectivity index (χ3v) is 3.94. The Morgan fingerprint density at radius 2 is 1.85 bits per heavy atom. The molecule has 1 unspecified atom stereocenters. The molecule has 0 aliphatic heterocycles. The van der Waals surface area contributed by atoms with E-state index in [2.05, 4.69) is 64.6 Å². The largest absolute Gasteiger partial charge is 0.472 e. The van der Waals surface area contributed by atoms with E-state index in [9.17, 15) is 0 Å². The highest BCUT2D eigenvalue weighted by molar-refractivity contribution is 9.10. The highest BCUT2D eigenvalue weighted by atomic mass is 79.9. The van der Waals surface area contributed by atoms with E-state index in [4.69, 9.17) is 4.42 Å². The summed E-state index contributed by atoms with van der Waals surface area (Å²) in [5.74, 6) is 0. The van der Waals surface area contributed by atoms with Gasteiger partial charge in [0.1, 0.15) is 0 Å². The molecule has 1 aromatic heterocycles. The minimum atomic E-state index is 0.173. The van der Waals surface area contributed by atoms with Gasteiger partial charge in [0.05, 0.1) is 18.6 Å². The van der Waals surface area contributed by atoms with Crippen LogP contribution in [0.15, 0.2) is 63.9 Å². The molecular formula is C17H16BrNO. The number of furan rings is 1. The summed E-state index contributed by atoms with van der Waals surface area (Å²) in [6.45, 7) is 3.03. The maximum Gasteiger partial charge on any atom is 0.0953 e. The fraction of sp³-hybridized carbons (Fsp3) is 0.176. The summed E-state index contributed by atoms with van der Waals surface area (Å²) in [4.78, 5) is 0. The Labute approximate surface area is 126 Å². The molecule has 1 atom stereocenters. The third-order valence-electron chi connectivity index (χ3n) is 3.44. The van der Waals surface area contributed by atoms with Crippen molar-refractivity contribution in [1.82, 2.24) is 5.32 Å². The summed E-state index contributed by atoms with van der Waals surface area (Å²) < 4.78 is 6.33. The van der Waals surface area contributed by atoms with E-state index in [1.54, 1.807) is 12.5 Å². The molecule has 0 amide bonds. The average molecular weight is 330 g/mol. The molecule has 0 aliphatic rings. The molecule has 0 fully saturated rings. The fourth-order valence-corrected chi connectivity index (χ4v) is 2.86. The monoisotopic (exact) mass is 329 g/mol. The van der Waals surface area contributed by atoms with E-state index in [-0.39, 0.29) is 6.04 Å². The number of benzene rings is 2. The van der Waals surface area contributed by atoms with Gasteiger partial charge in [-0.15, -0.1) is 0 Å². The zero-order valence-corrected chi connectivity index (χ0v) is 12.9. The number of fused-ring (bicyclic) bond motifs is 1. The molecule has 0 saturated heterocycles. The average Bonchev–Trinajstić information content (AvgIpc) is 2.98. The van der Waals surface area contributed by atoms with Gasteiger partial charge in [-0.3, -0.25) is 0 Å². The standard InChI is InChI=1S/C17H16BrNO/c1-2-19-17(15-7-8-20-11-15)14-4-3-13-10-16(18)6-5-12(13)9-14/h3-11,17,19H,2H2,1H3. The van der Waals surface area contributed by atoms with Gasteiger partial charge < -0.3 is 9.73 Å². The van der Waals surface area contributed by atoms with Gasteiger partial charge in [-0.2, -0.15) is 0 Å². The maximum absolute atomic E-state index is 5.22. The molecule has 0 spiro atoms. The van der Waals surface area contributed by atoms with Crippen molar-refractivity contribution in [2.24, 2.45) is 0 Å². The number of hydrogen-bond donors (Lipinski definition) is 1. The summed E-state index contributed by atoms with van der Waals surface area (Å²) in [5, 5.41) is 6.00. The SMILES string of the molecule is CCNC(c1ccoc1)c1ccc2cc(Br)ccc2c1. The van der Waals surface area contributed by atoms with E-state index >= 15 is 0 Å².